The van der Waals surface area contributed by atoms with Crippen molar-refractivity contribution in [1.82, 2.24) is 5.32 Å². The van der Waals surface area contributed by atoms with Crippen molar-refractivity contribution in [3.63, 3.8) is 0 Å². The Balaban J connectivity index is 2.53. The van der Waals surface area contributed by atoms with Gasteiger partial charge in [-0.2, -0.15) is 0 Å². The third kappa shape index (κ3) is 2.76. The first-order chi connectivity index (χ1) is 10.5. The van der Waals surface area contributed by atoms with Crippen LogP contribution in [0.3, 0.4) is 0 Å². The molecule has 1 heterocycles. The van der Waals surface area contributed by atoms with Crippen LogP contribution in [0.1, 0.15) is 24.4 Å². The number of nitrogens with one attached hydrogen (secondary N) is 1. The second-order valence-electron chi connectivity index (χ2n) is 4.86. The highest BCUT2D eigenvalue weighted by molar-refractivity contribution is 5.78. The van der Waals surface area contributed by atoms with Gasteiger partial charge in [-0.05, 0) is 12.1 Å². The van der Waals surface area contributed by atoms with E-state index in [0.717, 1.165) is 0 Å². The summed E-state index contributed by atoms with van der Waals surface area (Å²) in [6, 6.07) is 1.59. The van der Waals surface area contributed by atoms with E-state index in [2.05, 4.69) is 5.32 Å². The van der Waals surface area contributed by atoms with Crippen LogP contribution in [0.5, 0.6) is 17.2 Å². The lowest BCUT2D eigenvalue weighted by Gasteiger charge is -2.28. The topological polar surface area (TPSA) is 99.9 Å². The third-order valence-electron chi connectivity index (χ3n) is 3.71. The smallest absolute Gasteiger partial charge is 0.237 e. The fourth-order valence-electron chi connectivity index (χ4n) is 2.67. The summed E-state index contributed by atoms with van der Waals surface area (Å²) in [7, 11) is 4.38. The van der Waals surface area contributed by atoms with Crippen molar-refractivity contribution >= 4 is 5.91 Å². The summed E-state index contributed by atoms with van der Waals surface area (Å²) in [6.45, 7) is 0. The molecule has 1 fully saturated rings. The Hall–Kier alpha value is -2.51. The van der Waals surface area contributed by atoms with Gasteiger partial charge in [-0.15, -0.1) is 0 Å². The molecule has 8 heteroatoms. The number of hydrogen-bond acceptors (Lipinski definition) is 6. The molecule has 0 bridgehead atoms. The summed E-state index contributed by atoms with van der Waals surface area (Å²) in [5.74, 6) is 0.883. The minimum absolute atomic E-state index is 0.137. The van der Waals surface area contributed by atoms with Crippen molar-refractivity contribution in [1.29, 1.82) is 0 Å². The zero-order valence-corrected chi connectivity index (χ0v) is 12.6. The third-order valence-corrected chi connectivity index (χ3v) is 3.71. The van der Waals surface area contributed by atoms with E-state index in [0.29, 0.717) is 22.8 Å². The van der Waals surface area contributed by atoms with Gasteiger partial charge in [0, 0.05) is 23.3 Å². The van der Waals surface area contributed by atoms with Crippen LogP contribution in [-0.2, 0) is 4.79 Å². The summed E-state index contributed by atoms with van der Waals surface area (Å²) >= 11 is 0. The molecule has 2 rings (SSSR count). The number of amides is 1. The van der Waals surface area contributed by atoms with Gasteiger partial charge in [0.2, 0.25) is 17.7 Å². The molecule has 1 aliphatic rings. The van der Waals surface area contributed by atoms with E-state index in [1.807, 2.05) is 0 Å². The van der Waals surface area contributed by atoms with E-state index in [1.165, 1.54) is 21.3 Å². The molecule has 1 aromatic rings. The second kappa shape index (κ2) is 6.50. The van der Waals surface area contributed by atoms with Gasteiger partial charge in [-0.1, -0.05) is 0 Å². The largest absolute Gasteiger partial charge is 0.493 e. The lowest BCUT2D eigenvalue weighted by atomic mass is 9.91. The fourth-order valence-corrected chi connectivity index (χ4v) is 2.67. The Kier molecular flexibility index (Phi) is 4.69. The van der Waals surface area contributed by atoms with Crippen LogP contribution in [0, 0.1) is 10.1 Å². The summed E-state index contributed by atoms with van der Waals surface area (Å²) < 4.78 is 15.8. The number of carbonyl (C=O) groups excluding carboxylic acids is 1. The van der Waals surface area contributed by atoms with Gasteiger partial charge in [0.1, 0.15) is 6.04 Å². The van der Waals surface area contributed by atoms with Crippen LogP contribution in [0.15, 0.2) is 12.1 Å². The number of hydrogen-bond donors (Lipinski definition) is 1. The summed E-state index contributed by atoms with van der Waals surface area (Å²) in [5, 5.41) is 14.0. The van der Waals surface area contributed by atoms with Crippen molar-refractivity contribution < 1.29 is 23.9 Å². The highest BCUT2D eigenvalue weighted by atomic mass is 16.6. The summed E-state index contributed by atoms with van der Waals surface area (Å²) in [6.07, 6.45) is 0.318. The molecule has 1 amide bonds. The van der Waals surface area contributed by atoms with Crippen LogP contribution in [0.25, 0.3) is 0 Å². The molecule has 0 aromatic heterocycles. The van der Waals surface area contributed by atoms with Gasteiger partial charge >= 0.3 is 0 Å². The Morgan fingerprint density at radius 3 is 2.41 bits per heavy atom. The molecule has 0 aliphatic carbocycles. The van der Waals surface area contributed by atoms with E-state index in [-0.39, 0.29) is 23.7 Å². The number of methoxy groups -OCH3 is 3. The SMILES string of the molecule is COc1ccc([C@H]2NC(=O)CC[C@@H]2[N+](=O)[O-])c(OC)c1OC. The molecule has 0 unspecified atom stereocenters. The molecule has 22 heavy (non-hydrogen) atoms. The summed E-state index contributed by atoms with van der Waals surface area (Å²) in [5.41, 5.74) is 0.495. The highest BCUT2D eigenvalue weighted by Gasteiger charge is 2.40. The van der Waals surface area contributed by atoms with Crippen LogP contribution in [0.4, 0.5) is 0 Å². The number of nitrogens with zero attached hydrogens (tertiary/aromatic N) is 1. The van der Waals surface area contributed by atoms with Crippen molar-refractivity contribution in [2.24, 2.45) is 0 Å². The lowest BCUT2D eigenvalue weighted by Crippen LogP contribution is -2.45. The van der Waals surface area contributed by atoms with Gasteiger partial charge < -0.3 is 19.5 Å². The molecule has 120 valence electrons. The minimum Gasteiger partial charge on any atom is -0.493 e. The first-order valence-electron chi connectivity index (χ1n) is 6.75. The molecule has 2 atom stereocenters. The maximum atomic E-state index is 11.7. The Morgan fingerprint density at radius 1 is 1.18 bits per heavy atom. The number of nitro groups is 1. The van der Waals surface area contributed by atoms with E-state index in [9.17, 15) is 14.9 Å². The van der Waals surface area contributed by atoms with Crippen LogP contribution < -0.4 is 19.5 Å². The molecule has 8 nitrogen and oxygen atoms in total. The first-order valence-corrected chi connectivity index (χ1v) is 6.75. The number of rotatable bonds is 5. The van der Waals surface area contributed by atoms with E-state index in [1.54, 1.807) is 12.1 Å². The van der Waals surface area contributed by atoms with Crippen molar-refractivity contribution in [2.75, 3.05) is 21.3 Å². The molecule has 0 radical (unpaired) electrons. The molecular weight excluding hydrogens is 292 g/mol. The maximum Gasteiger partial charge on any atom is 0.237 e. The van der Waals surface area contributed by atoms with Crippen molar-refractivity contribution in [3.05, 3.63) is 27.8 Å². The zero-order chi connectivity index (χ0) is 16.3. The Bertz CT molecular complexity index is 589. The maximum absolute atomic E-state index is 11.7. The zero-order valence-electron chi connectivity index (χ0n) is 12.6. The minimum atomic E-state index is -0.912. The predicted molar refractivity (Wildman–Crippen MR) is 77.0 cm³/mol. The molecule has 0 saturated carbocycles. The normalized spacial score (nSPS) is 21.0. The Labute approximate surface area is 127 Å². The molecule has 1 saturated heterocycles. The monoisotopic (exact) mass is 310 g/mol. The van der Waals surface area contributed by atoms with E-state index < -0.39 is 12.1 Å². The number of ether oxygens (including phenoxy) is 3. The van der Waals surface area contributed by atoms with Gasteiger partial charge in [0.25, 0.3) is 0 Å². The average Bonchev–Trinajstić information content (AvgIpc) is 2.52. The van der Waals surface area contributed by atoms with Crippen LogP contribution in [0.2, 0.25) is 0 Å². The molecule has 1 aromatic carbocycles. The number of benzene rings is 1. The van der Waals surface area contributed by atoms with Crippen LogP contribution >= 0.6 is 0 Å². The number of piperidine rings is 1. The molecule has 0 spiro atoms. The highest BCUT2D eigenvalue weighted by Crippen LogP contribution is 2.43. The van der Waals surface area contributed by atoms with Gasteiger partial charge in [-0.25, -0.2) is 0 Å². The van der Waals surface area contributed by atoms with Gasteiger partial charge in [0.15, 0.2) is 11.5 Å². The average molecular weight is 310 g/mol. The standard InChI is InChI=1S/C14H18N2O6/c1-20-10-6-4-8(13(21-2)14(10)22-3)12-9(16(18)19)5-7-11(17)15-12/h4,6,9,12H,5,7H2,1-3H3,(H,15,17)/t9-,12+/m0/s1. The Morgan fingerprint density at radius 2 is 1.86 bits per heavy atom. The molecule has 1 N–H and O–H groups in total. The lowest BCUT2D eigenvalue weighted by molar-refractivity contribution is -0.529. The second-order valence-corrected chi connectivity index (χ2v) is 4.86. The molecular formula is C14H18N2O6. The molecule has 1 aliphatic heterocycles. The number of carbonyl (C=O) groups is 1. The fraction of sp³-hybridized carbons (Fsp3) is 0.500. The first kappa shape index (κ1) is 15.9. The van der Waals surface area contributed by atoms with E-state index >= 15 is 0 Å². The quantitative estimate of drug-likeness (QED) is 0.650. The van der Waals surface area contributed by atoms with Crippen LogP contribution in [-0.4, -0.2) is 38.2 Å². The summed E-state index contributed by atoms with van der Waals surface area (Å²) in [4.78, 5) is 22.6. The van der Waals surface area contributed by atoms with Gasteiger partial charge in [0.05, 0.1) is 21.3 Å². The predicted octanol–water partition coefficient (Wildman–Crippen LogP) is 1.31. The van der Waals surface area contributed by atoms with Crippen molar-refractivity contribution in [2.45, 2.75) is 24.9 Å². The van der Waals surface area contributed by atoms with Crippen molar-refractivity contribution in [3.8, 4) is 17.2 Å². The van der Waals surface area contributed by atoms with Gasteiger partial charge in [-0.3, -0.25) is 14.9 Å². The van der Waals surface area contributed by atoms with E-state index in [4.69, 9.17) is 14.2 Å².